The first-order chi connectivity index (χ1) is 11.1. The predicted octanol–water partition coefficient (Wildman–Crippen LogP) is 2.66. The lowest BCUT2D eigenvalue weighted by molar-refractivity contribution is 0.0935. The number of anilines is 1. The van der Waals surface area contributed by atoms with Gasteiger partial charge < -0.3 is 11.1 Å². The Morgan fingerprint density at radius 1 is 1.30 bits per heavy atom. The third kappa shape index (κ3) is 3.91. The number of benzene rings is 1. The molecule has 0 fully saturated rings. The summed E-state index contributed by atoms with van der Waals surface area (Å²) in [6, 6.07) is 9.80. The van der Waals surface area contributed by atoms with Gasteiger partial charge in [-0.05, 0) is 12.5 Å². The van der Waals surface area contributed by atoms with Crippen molar-refractivity contribution in [1.29, 1.82) is 0 Å². The van der Waals surface area contributed by atoms with Crippen LogP contribution in [0.25, 0.3) is 0 Å². The molecule has 0 aliphatic heterocycles. The largest absolute Gasteiger partial charge is 0.374 e. The molecule has 2 heterocycles. The highest BCUT2D eigenvalue weighted by Crippen LogP contribution is 2.20. The van der Waals surface area contributed by atoms with Gasteiger partial charge in [-0.3, -0.25) is 4.79 Å². The van der Waals surface area contributed by atoms with Crippen LogP contribution < -0.4 is 11.1 Å². The molecule has 0 bridgehead atoms. The molecule has 0 spiro atoms. The van der Waals surface area contributed by atoms with Crippen molar-refractivity contribution in [2.45, 2.75) is 19.4 Å². The summed E-state index contributed by atoms with van der Waals surface area (Å²) in [5.41, 5.74) is 7.15. The molecule has 1 unspecified atom stereocenters. The molecule has 1 atom stereocenters. The monoisotopic (exact) mass is 345 g/mol. The van der Waals surface area contributed by atoms with E-state index < -0.39 is 0 Å². The van der Waals surface area contributed by atoms with Gasteiger partial charge in [-0.2, -0.15) is 0 Å². The Balaban J connectivity index is 1.64. The molecule has 0 aliphatic rings. The number of nitrogens with zero attached hydrogens (tertiary/aromatic N) is 3. The zero-order chi connectivity index (χ0) is 16.2. The van der Waals surface area contributed by atoms with Gasteiger partial charge in [0.2, 0.25) is 5.13 Å². The van der Waals surface area contributed by atoms with E-state index in [1.807, 2.05) is 37.3 Å². The van der Waals surface area contributed by atoms with E-state index in [1.165, 1.54) is 28.2 Å². The third-order valence-electron chi connectivity index (χ3n) is 3.16. The SMILES string of the molecule is CC(NC(=O)c1csc(Cc2ccccc2)n1)c1nnc(N)s1. The maximum absolute atomic E-state index is 12.3. The number of amides is 1. The molecule has 2 aromatic heterocycles. The van der Waals surface area contributed by atoms with Crippen LogP contribution in [0.4, 0.5) is 5.13 Å². The number of nitrogen functional groups attached to an aromatic ring is 1. The molecule has 3 aromatic rings. The number of carbonyl (C=O) groups excluding carboxylic acids is 1. The van der Waals surface area contributed by atoms with E-state index in [-0.39, 0.29) is 11.9 Å². The molecular weight excluding hydrogens is 330 g/mol. The highest BCUT2D eigenvalue weighted by molar-refractivity contribution is 7.15. The minimum Gasteiger partial charge on any atom is -0.374 e. The standard InChI is InChI=1S/C15H15N5OS2/c1-9(14-19-20-15(16)23-14)17-13(21)11-8-22-12(18-11)7-10-5-3-2-4-6-10/h2-6,8-9H,7H2,1H3,(H2,16,20)(H,17,21). The number of hydrogen-bond donors (Lipinski definition) is 2. The van der Waals surface area contributed by atoms with Crippen molar-refractivity contribution >= 4 is 33.7 Å². The highest BCUT2D eigenvalue weighted by atomic mass is 32.1. The zero-order valence-corrected chi connectivity index (χ0v) is 14.0. The first-order valence-electron chi connectivity index (χ1n) is 7.00. The molecule has 0 aliphatic carbocycles. The van der Waals surface area contributed by atoms with Crippen molar-refractivity contribution in [3.8, 4) is 0 Å². The van der Waals surface area contributed by atoms with Crippen molar-refractivity contribution < 1.29 is 4.79 Å². The van der Waals surface area contributed by atoms with E-state index in [1.54, 1.807) is 5.38 Å². The van der Waals surface area contributed by atoms with Gasteiger partial charge in [-0.25, -0.2) is 4.98 Å². The summed E-state index contributed by atoms with van der Waals surface area (Å²) in [5.74, 6) is -0.221. The molecule has 6 nitrogen and oxygen atoms in total. The molecular formula is C15H15N5OS2. The second-order valence-corrected chi connectivity index (χ2v) is 6.95. The van der Waals surface area contributed by atoms with Crippen LogP contribution in [-0.2, 0) is 6.42 Å². The second kappa shape index (κ2) is 6.84. The number of nitrogens with two attached hydrogens (primary N) is 1. The number of rotatable bonds is 5. The molecule has 1 aromatic carbocycles. The maximum atomic E-state index is 12.3. The quantitative estimate of drug-likeness (QED) is 0.741. The Kier molecular flexibility index (Phi) is 4.63. The summed E-state index contributed by atoms with van der Waals surface area (Å²) < 4.78 is 0. The van der Waals surface area contributed by atoms with Gasteiger partial charge in [-0.1, -0.05) is 41.7 Å². The normalized spacial score (nSPS) is 12.0. The number of aromatic nitrogens is 3. The number of nitrogens with one attached hydrogen (secondary N) is 1. The van der Waals surface area contributed by atoms with Crippen molar-refractivity contribution in [3.63, 3.8) is 0 Å². The van der Waals surface area contributed by atoms with Crippen LogP contribution in [0, 0.1) is 0 Å². The molecule has 0 radical (unpaired) electrons. The fraction of sp³-hybridized carbons (Fsp3) is 0.200. The Bertz CT molecular complexity index is 799. The average molecular weight is 345 g/mol. The van der Waals surface area contributed by atoms with E-state index in [2.05, 4.69) is 20.5 Å². The van der Waals surface area contributed by atoms with Gasteiger partial charge in [0.25, 0.3) is 5.91 Å². The smallest absolute Gasteiger partial charge is 0.271 e. The summed E-state index contributed by atoms with van der Waals surface area (Å²) in [4.78, 5) is 16.7. The predicted molar refractivity (Wildman–Crippen MR) is 91.6 cm³/mol. The third-order valence-corrected chi connectivity index (χ3v) is 4.94. The first kappa shape index (κ1) is 15.6. The molecule has 1 amide bonds. The lowest BCUT2D eigenvalue weighted by Crippen LogP contribution is -2.26. The summed E-state index contributed by atoms with van der Waals surface area (Å²) in [6.45, 7) is 1.84. The summed E-state index contributed by atoms with van der Waals surface area (Å²) in [6.07, 6.45) is 0.723. The van der Waals surface area contributed by atoms with Gasteiger partial charge in [0.1, 0.15) is 10.7 Å². The highest BCUT2D eigenvalue weighted by Gasteiger charge is 2.17. The zero-order valence-electron chi connectivity index (χ0n) is 12.4. The van der Waals surface area contributed by atoms with Gasteiger partial charge >= 0.3 is 0 Å². The fourth-order valence-corrected chi connectivity index (χ4v) is 3.44. The van der Waals surface area contributed by atoms with Crippen LogP contribution in [-0.4, -0.2) is 21.1 Å². The van der Waals surface area contributed by atoms with Gasteiger partial charge in [0, 0.05) is 11.8 Å². The van der Waals surface area contributed by atoms with Gasteiger partial charge in [0.15, 0.2) is 0 Å². The molecule has 23 heavy (non-hydrogen) atoms. The lowest BCUT2D eigenvalue weighted by Gasteiger charge is -2.08. The van der Waals surface area contributed by atoms with E-state index in [0.29, 0.717) is 15.8 Å². The Labute approximate surface area is 141 Å². The maximum Gasteiger partial charge on any atom is 0.271 e. The second-order valence-electron chi connectivity index (χ2n) is 4.96. The summed E-state index contributed by atoms with van der Waals surface area (Å²) >= 11 is 2.75. The van der Waals surface area contributed by atoms with Crippen LogP contribution in [0.2, 0.25) is 0 Å². The molecule has 3 rings (SSSR count). The van der Waals surface area contributed by atoms with E-state index in [4.69, 9.17) is 5.73 Å². The van der Waals surface area contributed by atoms with Crippen molar-refractivity contribution in [3.05, 3.63) is 57.0 Å². The Morgan fingerprint density at radius 3 is 2.78 bits per heavy atom. The van der Waals surface area contributed by atoms with Crippen molar-refractivity contribution in [2.75, 3.05) is 5.73 Å². The fourth-order valence-electron chi connectivity index (χ4n) is 2.02. The van der Waals surface area contributed by atoms with Crippen LogP contribution in [0.1, 0.15) is 39.0 Å². The number of carbonyl (C=O) groups is 1. The summed E-state index contributed by atoms with van der Waals surface area (Å²) in [5, 5.41) is 14.3. The van der Waals surface area contributed by atoms with E-state index in [0.717, 1.165) is 11.4 Å². The van der Waals surface area contributed by atoms with Gasteiger partial charge in [0.05, 0.1) is 11.0 Å². The van der Waals surface area contributed by atoms with E-state index >= 15 is 0 Å². The summed E-state index contributed by atoms with van der Waals surface area (Å²) in [7, 11) is 0. The Hall–Kier alpha value is -2.32. The Morgan fingerprint density at radius 2 is 2.09 bits per heavy atom. The topological polar surface area (TPSA) is 93.8 Å². The van der Waals surface area contributed by atoms with E-state index in [9.17, 15) is 4.79 Å². The van der Waals surface area contributed by atoms with Crippen LogP contribution in [0.15, 0.2) is 35.7 Å². The minimum absolute atomic E-state index is 0.221. The molecule has 0 saturated carbocycles. The molecule has 3 N–H and O–H groups in total. The average Bonchev–Trinajstić information content (AvgIpc) is 3.17. The first-order valence-corrected chi connectivity index (χ1v) is 8.69. The molecule has 8 heteroatoms. The van der Waals surface area contributed by atoms with Gasteiger partial charge in [-0.15, -0.1) is 21.5 Å². The van der Waals surface area contributed by atoms with Crippen molar-refractivity contribution in [2.24, 2.45) is 0 Å². The van der Waals surface area contributed by atoms with Crippen LogP contribution in [0.3, 0.4) is 0 Å². The molecule has 0 saturated heterocycles. The number of thiazole rings is 1. The lowest BCUT2D eigenvalue weighted by atomic mass is 10.2. The van der Waals surface area contributed by atoms with Crippen LogP contribution in [0.5, 0.6) is 0 Å². The molecule has 118 valence electrons. The number of hydrogen-bond acceptors (Lipinski definition) is 7. The van der Waals surface area contributed by atoms with Crippen LogP contribution >= 0.6 is 22.7 Å². The minimum atomic E-state index is -0.253. The van der Waals surface area contributed by atoms with Crippen molar-refractivity contribution in [1.82, 2.24) is 20.5 Å².